The fourth-order valence-corrected chi connectivity index (χ4v) is 2.93. The molecule has 0 aromatic heterocycles. The lowest BCUT2D eigenvalue weighted by Crippen LogP contribution is -2.28. The summed E-state index contributed by atoms with van der Waals surface area (Å²) >= 11 is 0. The van der Waals surface area contributed by atoms with Crippen LogP contribution >= 0.6 is 0 Å². The summed E-state index contributed by atoms with van der Waals surface area (Å²) in [5, 5.41) is 0. The van der Waals surface area contributed by atoms with Crippen LogP contribution < -0.4 is 4.74 Å². The Balaban J connectivity index is 2.41. The van der Waals surface area contributed by atoms with E-state index in [1.54, 1.807) is 0 Å². The minimum atomic E-state index is -0.571. The van der Waals surface area contributed by atoms with E-state index < -0.39 is 5.79 Å². The summed E-state index contributed by atoms with van der Waals surface area (Å²) in [6, 6.07) is 6.39. The topological polar surface area (TPSA) is 27.7 Å². The molecule has 0 aliphatic carbocycles. The van der Waals surface area contributed by atoms with E-state index in [1.165, 1.54) is 5.56 Å². The van der Waals surface area contributed by atoms with Gasteiger partial charge in [-0.3, -0.25) is 0 Å². The zero-order chi connectivity index (χ0) is 16.2. The predicted molar refractivity (Wildman–Crippen MR) is 89.4 cm³/mol. The van der Waals surface area contributed by atoms with Crippen LogP contribution in [0.25, 0.3) is 0 Å². The average Bonchev–Trinajstić information content (AvgIpc) is 2.94. The van der Waals surface area contributed by atoms with Gasteiger partial charge in [-0.15, -0.1) is 0 Å². The molecular weight excluding hydrogens is 276 g/mol. The van der Waals surface area contributed by atoms with Gasteiger partial charge in [0.05, 0.1) is 19.8 Å². The van der Waals surface area contributed by atoms with Crippen molar-refractivity contribution in [3.63, 3.8) is 0 Å². The van der Waals surface area contributed by atoms with Crippen LogP contribution in [0.1, 0.15) is 65.0 Å². The van der Waals surface area contributed by atoms with Crippen LogP contribution in [0.15, 0.2) is 18.2 Å². The van der Waals surface area contributed by atoms with Crippen molar-refractivity contribution < 1.29 is 14.2 Å². The summed E-state index contributed by atoms with van der Waals surface area (Å²) in [5.41, 5.74) is 2.35. The van der Waals surface area contributed by atoms with E-state index in [0.717, 1.165) is 37.2 Å². The van der Waals surface area contributed by atoms with Crippen molar-refractivity contribution in [2.45, 2.75) is 65.1 Å². The lowest BCUT2D eigenvalue weighted by atomic mass is 9.84. The van der Waals surface area contributed by atoms with Crippen LogP contribution in [-0.2, 0) is 20.7 Å². The van der Waals surface area contributed by atoms with Gasteiger partial charge in [0, 0.05) is 12.0 Å². The molecule has 22 heavy (non-hydrogen) atoms. The van der Waals surface area contributed by atoms with Crippen LogP contribution in [0.4, 0.5) is 0 Å². The van der Waals surface area contributed by atoms with Gasteiger partial charge in [-0.1, -0.05) is 41.0 Å². The highest BCUT2D eigenvalue weighted by molar-refractivity contribution is 5.43. The fourth-order valence-electron chi connectivity index (χ4n) is 2.93. The van der Waals surface area contributed by atoms with Crippen LogP contribution in [0.3, 0.4) is 0 Å². The summed E-state index contributed by atoms with van der Waals surface area (Å²) in [6.07, 6.45) is 2.92. The number of hydrogen-bond donors (Lipinski definition) is 0. The Morgan fingerprint density at radius 1 is 1.09 bits per heavy atom. The molecular formula is C19H30O3. The lowest BCUT2D eigenvalue weighted by Gasteiger charge is -2.30. The molecule has 0 atom stereocenters. The van der Waals surface area contributed by atoms with E-state index in [1.807, 2.05) is 0 Å². The molecule has 1 aliphatic heterocycles. The Kier molecular flexibility index (Phi) is 5.51. The first-order valence-corrected chi connectivity index (χ1v) is 8.48. The highest BCUT2D eigenvalue weighted by Gasteiger charge is 2.38. The summed E-state index contributed by atoms with van der Waals surface area (Å²) in [7, 11) is 0. The van der Waals surface area contributed by atoms with Gasteiger partial charge >= 0.3 is 0 Å². The van der Waals surface area contributed by atoms with Crippen LogP contribution in [0.5, 0.6) is 5.75 Å². The molecule has 1 aromatic rings. The number of benzene rings is 1. The van der Waals surface area contributed by atoms with Gasteiger partial charge in [-0.25, -0.2) is 0 Å². The van der Waals surface area contributed by atoms with Gasteiger partial charge < -0.3 is 14.2 Å². The molecule has 124 valence electrons. The van der Waals surface area contributed by atoms with Crippen molar-refractivity contribution in [2.75, 3.05) is 19.8 Å². The second kappa shape index (κ2) is 7.01. The first-order chi connectivity index (χ1) is 10.4. The monoisotopic (exact) mass is 306 g/mol. The molecule has 2 rings (SSSR count). The number of ether oxygens (including phenoxy) is 3. The SMILES string of the molecule is CCCOc1ccc(C2(CCC)OCCO2)cc1C(C)(C)C. The molecule has 0 N–H and O–H groups in total. The van der Waals surface area contributed by atoms with E-state index in [-0.39, 0.29) is 5.41 Å². The van der Waals surface area contributed by atoms with Gasteiger partial charge in [-0.2, -0.15) is 0 Å². The first kappa shape index (κ1) is 17.3. The molecule has 1 aliphatic rings. The minimum Gasteiger partial charge on any atom is -0.493 e. The smallest absolute Gasteiger partial charge is 0.194 e. The standard InChI is InChI=1S/C19H30O3/c1-6-10-19(21-12-13-22-19)15-8-9-17(20-11-7-2)16(14-15)18(3,4)5/h8-9,14H,6-7,10-13H2,1-5H3. The molecule has 1 heterocycles. The van der Waals surface area contributed by atoms with Gasteiger partial charge in [0.15, 0.2) is 5.79 Å². The zero-order valence-electron chi connectivity index (χ0n) is 14.7. The molecule has 0 unspecified atom stereocenters. The summed E-state index contributed by atoms with van der Waals surface area (Å²) in [5.74, 6) is 0.403. The second-order valence-electron chi connectivity index (χ2n) is 7.01. The van der Waals surface area contributed by atoms with Crippen molar-refractivity contribution in [3.8, 4) is 5.75 Å². The van der Waals surface area contributed by atoms with Crippen molar-refractivity contribution in [1.29, 1.82) is 0 Å². The first-order valence-electron chi connectivity index (χ1n) is 8.48. The Morgan fingerprint density at radius 3 is 2.32 bits per heavy atom. The lowest BCUT2D eigenvalue weighted by molar-refractivity contribution is -0.171. The average molecular weight is 306 g/mol. The molecule has 0 amide bonds. The molecule has 3 heteroatoms. The molecule has 0 spiro atoms. The quantitative estimate of drug-likeness (QED) is 0.757. The third kappa shape index (κ3) is 3.64. The highest BCUT2D eigenvalue weighted by atomic mass is 16.7. The highest BCUT2D eigenvalue weighted by Crippen LogP contribution is 2.40. The number of hydrogen-bond acceptors (Lipinski definition) is 3. The van der Waals surface area contributed by atoms with Crippen LogP contribution in [0.2, 0.25) is 0 Å². The fraction of sp³-hybridized carbons (Fsp3) is 0.684. The maximum atomic E-state index is 5.99. The van der Waals surface area contributed by atoms with Gasteiger partial charge in [-0.05, 0) is 35.6 Å². The van der Waals surface area contributed by atoms with E-state index >= 15 is 0 Å². The van der Waals surface area contributed by atoms with E-state index in [9.17, 15) is 0 Å². The molecule has 3 nitrogen and oxygen atoms in total. The van der Waals surface area contributed by atoms with Crippen molar-refractivity contribution in [3.05, 3.63) is 29.3 Å². The molecule has 1 fully saturated rings. The Hall–Kier alpha value is -1.06. The van der Waals surface area contributed by atoms with E-state index in [0.29, 0.717) is 13.2 Å². The van der Waals surface area contributed by atoms with Gasteiger partial charge in [0.1, 0.15) is 5.75 Å². The Morgan fingerprint density at radius 2 is 1.77 bits per heavy atom. The van der Waals surface area contributed by atoms with Crippen LogP contribution in [-0.4, -0.2) is 19.8 Å². The van der Waals surface area contributed by atoms with Gasteiger partial charge in [0.2, 0.25) is 0 Å². The minimum absolute atomic E-state index is 0.0189. The largest absolute Gasteiger partial charge is 0.493 e. The third-order valence-corrected chi connectivity index (χ3v) is 4.02. The van der Waals surface area contributed by atoms with Crippen molar-refractivity contribution in [2.24, 2.45) is 0 Å². The Bertz CT molecular complexity index is 482. The summed E-state index contributed by atoms with van der Waals surface area (Å²) in [4.78, 5) is 0. The predicted octanol–water partition coefficient (Wildman–Crippen LogP) is 4.77. The van der Waals surface area contributed by atoms with Crippen molar-refractivity contribution in [1.82, 2.24) is 0 Å². The van der Waals surface area contributed by atoms with E-state index in [2.05, 4.69) is 52.8 Å². The summed E-state index contributed by atoms with van der Waals surface area (Å²) < 4.78 is 17.9. The van der Waals surface area contributed by atoms with E-state index in [4.69, 9.17) is 14.2 Å². The molecule has 0 bridgehead atoms. The number of rotatable bonds is 6. The summed E-state index contributed by atoms with van der Waals surface area (Å²) in [6.45, 7) is 13.0. The Labute approximate surface area is 135 Å². The molecule has 0 saturated carbocycles. The maximum Gasteiger partial charge on any atom is 0.194 e. The second-order valence-corrected chi connectivity index (χ2v) is 7.01. The van der Waals surface area contributed by atoms with Crippen LogP contribution in [0, 0.1) is 0 Å². The maximum absolute atomic E-state index is 5.99. The molecule has 0 radical (unpaired) electrons. The van der Waals surface area contributed by atoms with Gasteiger partial charge in [0.25, 0.3) is 0 Å². The molecule has 1 saturated heterocycles. The van der Waals surface area contributed by atoms with Crippen molar-refractivity contribution >= 4 is 0 Å². The molecule has 1 aromatic carbocycles. The normalized spacial score (nSPS) is 17.7. The zero-order valence-corrected chi connectivity index (χ0v) is 14.7. The third-order valence-electron chi connectivity index (χ3n) is 4.02.